The maximum absolute atomic E-state index is 12.6. The average molecular weight is 590 g/mol. The van der Waals surface area contributed by atoms with Crippen LogP contribution in [0.2, 0.25) is 0 Å². The highest BCUT2D eigenvalue weighted by Crippen LogP contribution is 2.44. The molecule has 1 heterocycles. The second-order valence-electron chi connectivity index (χ2n) is 11.1. The zero-order valence-electron chi connectivity index (χ0n) is 25.0. The predicted molar refractivity (Wildman–Crippen MR) is 164 cm³/mol. The monoisotopic (exact) mass is 589 g/mol. The van der Waals surface area contributed by atoms with Gasteiger partial charge in [0.1, 0.15) is 19.0 Å². The number of unbranched alkanes of at least 4 members (excludes halogenated alkanes) is 9. The van der Waals surface area contributed by atoms with Crippen molar-refractivity contribution in [1.29, 1.82) is 0 Å². The molecule has 0 radical (unpaired) electrons. The van der Waals surface area contributed by atoms with E-state index < -0.39 is 24.2 Å². The zero-order valence-corrected chi connectivity index (χ0v) is 25.0. The Labute approximate surface area is 253 Å². The number of carbonyl (C=O) groups excluding carboxylic acids is 2. The van der Waals surface area contributed by atoms with E-state index >= 15 is 0 Å². The van der Waals surface area contributed by atoms with E-state index in [2.05, 4.69) is 17.2 Å². The topological polar surface area (TPSA) is 120 Å². The molecule has 9 heteroatoms. The highest BCUT2D eigenvalue weighted by Gasteiger charge is 2.30. The fraction of sp³-hybridized carbons (Fsp3) is 0.471. The smallest absolute Gasteiger partial charge is 0.419 e. The third kappa shape index (κ3) is 9.17. The molecule has 2 aromatic carbocycles. The number of carbonyl (C=O) groups is 3. The van der Waals surface area contributed by atoms with Gasteiger partial charge in [-0.25, -0.2) is 23.9 Å². The van der Waals surface area contributed by atoms with E-state index in [4.69, 9.17) is 9.47 Å². The van der Waals surface area contributed by atoms with Crippen molar-refractivity contribution in [2.75, 3.05) is 13.2 Å². The Kier molecular flexibility index (Phi) is 12.2. The van der Waals surface area contributed by atoms with Gasteiger partial charge in [-0.15, -0.1) is 0 Å². The molecule has 1 amide bonds. The summed E-state index contributed by atoms with van der Waals surface area (Å²) in [6, 6.07) is 14.7. The number of imidazole rings is 1. The van der Waals surface area contributed by atoms with Crippen molar-refractivity contribution in [1.82, 2.24) is 14.9 Å². The van der Waals surface area contributed by atoms with Crippen LogP contribution in [-0.4, -0.2) is 52.1 Å². The van der Waals surface area contributed by atoms with Crippen molar-refractivity contribution >= 4 is 18.2 Å². The molecule has 1 unspecified atom stereocenters. The number of aromatic nitrogens is 2. The van der Waals surface area contributed by atoms with Crippen LogP contribution < -0.4 is 5.32 Å². The lowest BCUT2D eigenvalue weighted by Gasteiger charge is -2.17. The summed E-state index contributed by atoms with van der Waals surface area (Å²) in [5.41, 5.74) is 4.68. The molecule has 9 nitrogen and oxygen atoms in total. The Morgan fingerprint density at radius 2 is 1.44 bits per heavy atom. The van der Waals surface area contributed by atoms with Gasteiger partial charge in [0.2, 0.25) is 0 Å². The van der Waals surface area contributed by atoms with Crippen LogP contribution in [0.1, 0.15) is 93.9 Å². The molecule has 230 valence electrons. The SMILES string of the molecule is CCCCCCCCCCCCOC(=O)n1cnc(CC(NC(=O)OCC2c3ccccc3-c3ccccc32)C(=O)O)c1. The molecular formula is C34H43N3O6. The van der Waals surface area contributed by atoms with Crippen molar-refractivity contribution in [2.45, 2.75) is 89.5 Å². The second-order valence-corrected chi connectivity index (χ2v) is 11.1. The molecule has 3 aromatic rings. The fourth-order valence-electron chi connectivity index (χ4n) is 5.58. The maximum Gasteiger partial charge on any atom is 0.419 e. The molecule has 0 saturated heterocycles. The molecule has 0 saturated carbocycles. The molecule has 1 aliphatic rings. The van der Waals surface area contributed by atoms with E-state index in [1.54, 1.807) is 0 Å². The van der Waals surface area contributed by atoms with E-state index in [9.17, 15) is 19.5 Å². The van der Waals surface area contributed by atoms with E-state index in [1.165, 1.54) is 62.0 Å². The minimum atomic E-state index is -1.28. The van der Waals surface area contributed by atoms with Crippen LogP contribution in [0.15, 0.2) is 61.1 Å². The average Bonchev–Trinajstić information content (AvgIpc) is 3.61. The zero-order chi connectivity index (χ0) is 30.4. The van der Waals surface area contributed by atoms with Gasteiger partial charge in [-0.05, 0) is 28.7 Å². The lowest BCUT2D eigenvalue weighted by Crippen LogP contribution is -2.43. The van der Waals surface area contributed by atoms with E-state index in [0.29, 0.717) is 12.3 Å². The van der Waals surface area contributed by atoms with Gasteiger partial charge in [0.05, 0.1) is 12.3 Å². The number of hydrogen-bond acceptors (Lipinski definition) is 6. The summed E-state index contributed by atoms with van der Waals surface area (Å²) in [6.07, 6.45) is 13.2. The van der Waals surface area contributed by atoms with Gasteiger partial charge in [-0.3, -0.25) is 0 Å². The Bertz CT molecular complexity index is 1310. The number of ether oxygens (including phenoxy) is 2. The highest BCUT2D eigenvalue weighted by atomic mass is 16.6. The third-order valence-corrected chi connectivity index (χ3v) is 7.92. The second kappa shape index (κ2) is 16.5. The summed E-state index contributed by atoms with van der Waals surface area (Å²) in [4.78, 5) is 41.1. The van der Waals surface area contributed by atoms with Crippen LogP contribution in [0.3, 0.4) is 0 Å². The Balaban J connectivity index is 1.18. The first-order valence-corrected chi connectivity index (χ1v) is 15.5. The van der Waals surface area contributed by atoms with Crippen molar-refractivity contribution in [2.24, 2.45) is 0 Å². The van der Waals surface area contributed by atoms with Gasteiger partial charge in [0.15, 0.2) is 0 Å². The Hall–Kier alpha value is -4.14. The van der Waals surface area contributed by atoms with E-state index in [0.717, 1.165) is 41.5 Å². The lowest BCUT2D eigenvalue weighted by atomic mass is 9.98. The summed E-state index contributed by atoms with van der Waals surface area (Å²) in [5.74, 6) is -1.37. The Morgan fingerprint density at radius 1 is 0.860 bits per heavy atom. The lowest BCUT2D eigenvalue weighted by molar-refractivity contribution is -0.139. The molecule has 1 aromatic heterocycles. The molecule has 1 aliphatic carbocycles. The number of nitrogens with zero attached hydrogens (tertiary/aromatic N) is 2. The van der Waals surface area contributed by atoms with Crippen molar-refractivity contribution in [3.05, 3.63) is 77.9 Å². The first-order chi connectivity index (χ1) is 21.0. The van der Waals surface area contributed by atoms with Gasteiger partial charge < -0.3 is 19.9 Å². The quantitative estimate of drug-likeness (QED) is 0.158. The normalized spacial score (nSPS) is 12.8. The molecule has 43 heavy (non-hydrogen) atoms. The standard InChI is InChI=1S/C34H43N3O6/c1-2-3-4-5-6-7-8-9-10-15-20-42-34(41)37-22-25(35-24-37)21-31(32(38)39)36-33(40)43-23-30-28-18-13-11-16-26(28)27-17-12-14-19-29(27)30/h11-14,16-19,22,24,30-31H,2-10,15,20-21,23H2,1H3,(H,36,40)(H,38,39). The van der Waals surface area contributed by atoms with Gasteiger partial charge in [0, 0.05) is 18.5 Å². The molecule has 2 N–H and O–H groups in total. The van der Waals surface area contributed by atoms with Crippen LogP contribution in [0.25, 0.3) is 11.1 Å². The molecule has 0 aliphatic heterocycles. The number of rotatable bonds is 17. The van der Waals surface area contributed by atoms with Crippen molar-refractivity contribution < 1.29 is 29.0 Å². The number of hydrogen-bond donors (Lipinski definition) is 2. The highest BCUT2D eigenvalue weighted by molar-refractivity contribution is 5.81. The summed E-state index contributed by atoms with van der Waals surface area (Å²) in [6.45, 7) is 2.62. The van der Waals surface area contributed by atoms with Gasteiger partial charge >= 0.3 is 18.2 Å². The minimum absolute atomic E-state index is 0.0751. The molecule has 0 spiro atoms. The van der Waals surface area contributed by atoms with E-state index in [1.807, 2.05) is 48.5 Å². The summed E-state index contributed by atoms with van der Waals surface area (Å²) < 4.78 is 12.0. The van der Waals surface area contributed by atoms with E-state index in [-0.39, 0.29) is 18.9 Å². The first-order valence-electron chi connectivity index (χ1n) is 15.5. The van der Waals surface area contributed by atoms with Crippen LogP contribution in [-0.2, 0) is 20.7 Å². The van der Waals surface area contributed by atoms with Gasteiger partial charge in [-0.1, -0.05) is 113 Å². The number of nitrogens with one attached hydrogen (secondary N) is 1. The van der Waals surface area contributed by atoms with Gasteiger partial charge in [-0.2, -0.15) is 0 Å². The van der Waals surface area contributed by atoms with Crippen LogP contribution in [0.5, 0.6) is 0 Å². The Morgan fingerprint density at radius 3 is 2.05 bits per heavy atom. The number of carboxylic acid groups (broad SMARTS) is 1. The van der Waals surface area contributed by atoms with Gasteiger partial charge in [0.25, 0.3) is 0 Å². The predicted octanol–water partition coefficient (Wildman–Crippen LogP) is 7.32. The number of fused-ring (bicyclic) bond motifs is 3. The van der Waals surface area contributed by atoms with Crippen LogP contribution in [0, 0.1) is 0 Å². The molecular weight excluding hydrogens is 546 g/mol. The molecule has 1 atom stereocenters. The number of carboxylic acids is 1. The molecule has 0 bridgehead atoms. The first kappa shape index (κ1) is 31.8. The van der Waals surface area contributed by atoms with Crippen molar-refractivity contribution in [3.63, 3.8) is 0 Å². The van der Waals surface area contributed by atoms with Crippen molar-refractivity contribution in [3.8, 4) is 11.1 Å². The summed E-state index contributed by atoms with van der Waals surface area (Å²) >= 11 is 0. The maximum atomic E-state index is 12.6. The van der Waals surface area contributed by atoms with Crippen LogP contribution in [0.4, 0.5) is 9.59 Å². The third-order valence-electron chi connectivity index (χ3n) is 7.92. The van der Waals surface area contributed by atoms with Crippen LogP contribution >= 0.6 is 0 Å². The molecule has 0 fully saturated rings. The largest absolute Gasteiger partial charge is 0.480 e. The number of aliphatic carboxylic acids is 1. The summed E-state index contributed by atoms with van der Waals surface area (Å²) in [7, 11) is 0. The minimum Gasteiger partial charge on any atom is -0.480 e. The fourth-order valence-corrected chi connectivity index (χ4v) is 5.58. The number of amides is 1. The summed E-state index contributed by atoms with van der Waals surface area (Å²) in [5, 5.41) is 12.1. The number of benzene rings is 2. The molecule has 4 rings (SSSR count). The number of alkyl carbamates (subject to hydrolysis) is 1.